The van der Waals surface area contributed by atoms with Crippen LogP contribution in [-0.2, 0) is 9.53 Å². The number of para-hydroxylation sites is 2. The Labute approximate surface area is 120 Å². The number of nitrogens with two attached hydrogens (primary N) is 1. The Balaban J connectivity index is 1.71. The molecule has 2 unspecified atom stereocenters. The molecule has 2 atom stereocenters. The van der Waals surface area contributed by atoms with E-state index in [9.17, 15) is 4.79 Å². The van der Waals surface area contributed by atoms with Gasteiger partial charge in [0.1, 0.15) is 0 Å². The van der Waals surface area contributed by atoms with Gasteiger partial charge in [-0.2, -0.15) is 0 Å². The molecule has 1 saturated carbocycles. The first-order valence-electron chi connectivity index (χ1n) is 7.43. The first-order valence-corrected chi connectivity index (χ1v) is 7.43. The lowest BCUT2D eigenvalue weighted by atomic mass is 9.88. The van der Waals surface area contributed by atoms with Crippen LogP contribution < -0.4 is 11.1 Å². The van der Waals surface area contributed by atoms with Gasteiger partial charge in [0.2, 0.25) is 5.91 Å². The molecule has 3 N–H and O–H groups in total. The summed E-state index contributed by atoms with van der Waals surface area (Å²) in [5, 5.41) is 2.82. The van der Waals surface area contributed by atoms with Crippen molar-refractivity contribution in [1.29, 1.82) is 0 Å². The second-order valence-electron chi connectivity index (χ2n) is 5.56. The molecule has 1 amide bonds. The normalized spacial score (nSPS) is 22.4. The minimum atomic E-state index is -0.0497. The van der Waals surface area contributed by atoms with E-state index in [-0.39, 0.29) is 5.91 Å². The Kier molecular flexibility index (Phi) is 5.41. The Hall–Kier alpha value is -1.55. The van der Waals surface area contributed by atoms with Gasteiger partial charge in [-0.3, -0.25) is 4.79 Å². The molecule has 1 aromatic carbocycles. The van der Waals surface area contributed by atoms with Crippen molar-refractivity contribution < 1.29 is 9.53 Å². The molecule has 2 rings (SSSR count). The van der Waals surface area contributed by atoms with E-state index in [1.54, 1.807) is 12.1 Å². The fourth-order valence-electron chi connectivity index (χ4n) is 2.66. The molecule has 0 radical (unpaired) electrons. The molecule has 0 saturated heterocycles. The number of ether oxygens (including phenoxy) is 1. The summed E-state index contributed by atoms with van der Waals surface area (Å²) in [5.41, 5.74) is 7.04. The van der Waals surface area contributed by atoms with Gasteiger partial charge in [-0.05, 0) is 30.9 Å². The lowest BCUT2D eigenvalue weighted by Crippen LogP contribution is -2.27. The highest BCUT2D eigenvalue weighted by Crippen LogP contribution is 2.26. The van der Waals surface area contributed by atoms with Crippen molar-refractivity contribution in [2.45, 2.75) is 45.1 Å². The van der Waals surface area contributed by atoms with Gasteiger partial charge in [-0.1, -0.05) is 31.9 Å². The minimum Gasteiger partial charge on any atom is -0.397 e. The molecule has 4 heteroatoms. The number of nitrogen functional groups attached to an aromatic ring is 1. The number of hydrogen-bond donors (Lipinski definition) is 2. The maximum Gasteiger partial charge on any atom is 0.226 e. The zero-order chi connectivity index (χ0) is 14.4. The second kappa shape index (κ2) is 7.29. The standard InChI is InChI=1S/C16H24N2O2/c1-12-6-2-5-9-15(12)20-11-10-16(19)18-14-8-4-3-7-13(14)17/h3-4,7-8,12,15H,2,5-6,9-11,17H2,1H3,(H,18,19). The summed E-state index contributed by atoms with van der Waals surface area (Å²) >= 11 is 0. The zero-order valence-corrected chi connectivity index (χ0v) is 12.1. The topological polar surface area (TPSA) is 64.3 Å². The fourth-order valence-corrected chi connectivity index (χ4v) is 2.66. The first-order chi connectivity index (χ1) is 9.66. The molecule has 1 aliphatic rings. The number of benzene rings is 1. The first kappa shape index (κ1) is 14.9. The maximum absolute atomic E-state index is 11.8. The van der Waals surface area contributed by atoms with Crippen LogP contribution in [0.3, 0.4) is 0 Å². The summed E-state index contributed by atoms with van der Waals surface area (Å²) in [7, 11) is 0. The van der Waals surface area contributed by atoms with E-state index in [1.807, 2.05) is 12.1 Å². The summed E-state index contributed by atoms with van der Waals surface area (Å²) in [5.74, 6) is 0.558. The van der Waals surface area contributed by atoms with Gasteiger partial charge in [0.15, 0.2) is 0 Å². The highest BCUT2D eigenvalue weighted by Gasteiger charge is 2.21. The third-order valence-corrected chi connectivity index (χ3v) is 3.93. The molecular formula is C16H24N2O2. The molecule has 1 fully saturated rings. The van der Waals surface area contributed by atoms with Gasteiger partial charge in [0, 0.05) is 0 Å². The van der Waals surface area contributed by atoms with Crippen LogP contribution in [0.25, 0.3) is 0 Å². The van der Waals surface area contributed by atoms with E-state index < -0.39 is 0 Å². The van der Waals surface area contributed by atoms with Gasteiger partial charge in [-0.25, -0.2) is 0 Å². The largest absolute Gasteiger partial charge is 0.397 e. The summed E-state index contributed by atoms with van der Waals surface area (Å²) in [6, 6.07) is 7.28. The molecule has 1 aromatic rings. The number of rotatable bonds is 5. The number of hydrogen-bond acceptors (Lipinski definition) is 3. The quantitative estimate of drug-likeness (QED) is 0.812. The summed E-state index contributed by atoms with van der Waals surface area (Å²) in [6.45, 7) is 2.71. The van der Waals surface area contributed by atoms with Gasteiger partial charge in [0.25, 0.3) is 0 Å². The van der Waals surface area contributed by atoms with Gasteiger partial charge in [0.05, 0.1) is 30.5 Å². The van der Waals surface area contributed by atoms with Crippen LogP contribution in [0.4, 0.5) is 11.4 Å². The van der Waals surface area contributed by atoms with Crippen molar-refractivity contribution in [2.75, 3.05) is 17.7 Å². The lowest BCUT2D eigenvalue weighted by molar-refractivity contribution is -0.118. The van der Waals surface area contributed by atoms with E-state index in [2.05, 4.69) is 12.2 Å². The number of carbonyl (C=O) groups excluding carboxylic acids is 1. The molecule has 0 heterocycles. The van der Waals surface area contributed by atoms with E-state index >= 15 is 0 Å². The van der Waals surface area contributed by atoms with Gasteiger partial charge < -0.3 is 15.8 Å². The monoisotopic (exact) mass is 276 g/mol. The molecule has 110 valence electrons. The molecular weight excluding hydrogens is 252 g/mol. The Morgan fingerprint density at radius 3 is 2.85 bits per heavy atom. The second-order valence-corrected chi connectivity index (χ2v) is 5.56. The van der Waals surface area contributed by atoms with Crippen molar-refractivity contribution in [1.82, 2.24) is 0 Å². The predicted molar refractivity (Wildman–Crippen MR) is 81.5 cm³/mol. The average molecular weight is 276 g/mol. The molecule has 4 nitrogen and oxygen atoms in total. The van der Waals surface area contributed by atoms with Crippen LogP contribution in [0.15, 0.2) is 24.3 Å². The Morgan fingerprint density at radius 2 is 2.10 bits per heavy atom. The third-order valence-electron chi connectivity index (χ3n) is 3.93. The molecule has 0 spiro atoms. The molecule has 0 aliphatic heterocycles. The van der Waals surface area contributed by atoms with Crippen molar-refractivity contribution >= 4 is 17.3 Å². The van der Waals surface area contributed by atoms with Crippen molar-refractivity contribution in [2.24, 2.45) is 5.92 Å². The van der Waals surface area contributed by atoms with Crippen LogP contribution >= 0.6 is 0 Å². The minimum absolute atomic E-state index is 0.0497. The Bertz CT molecular complexity index is 448. The maximum atomic E-state index is 11.8. The number of carbonyl (C=O) groups is 1. The van der Waals surface area contributed by atoms with Crippen LogP contribution in [-0.4, -0.2) is 18.6 Å². The summed E-state index contributed by atoms with van der Waals surface area (Å²) in [4.78, 5) is 11.8. The number of amides is 1. The highest BCUT2D eigenvalue weighted by molar-refractivity contribution is 5.93. The fraction of sp³-hybridized carbons (Fsp3) is 0.562. The molecule has 0 bridgehead atoms. The summed E-state index contributed by atoms with van der Waals surface area (Å²) < 4.78 is 5.84. The van der Waals surface area contributed by atoms with Crippen LogP contribution in [0.1, 0.15) is 39.0 Å². The van der Waals surface area contributed by atoms with E-state index in [4.69, 9.17) is 10.5 Å². The van der Waals surface area contributed by atoms with Crippen molar-refractivity contribution in [3.05, 3.63) is 24.3 Å². The SMILES string of the molecule is CC1CCCCC1OCCC(=O)Nc1ccccc1N. The lowest BCUT2D eigenvalue weighted by Gasteiger charge is -2.28. The van der Waals surface area contributed by atoms with E-state index in [0.717, 1.165) is 6.42 Å². The highest BCUT2D eigenvalue weighted by atomic mass is 16.5. The summed E-state index contributed by atoms with van der Waals surface area (Å²) in [6.07, 6.45) is 5.58. The van der Waals surface area contributed by atoms with Crippen LogP contribution in [0, 0.1) is 5.92 Å². The van der Waals surface area contributed by atoms with E-state index in [0.29, 0.717) is 36.4 Å². The van der Waals surface area contributed by atoms with Crippen LogP contribution in [0.5, 0.6) is 0 Å². The predicted octanol–water partition coefficient (Wildman–Crippen LogP) is 3.19. The third kappa shape index (κ3) is 4.23. The average Bonchev–Trinajstić information content (AvgIpc) is 2.43. The van der Waals surface area contributed by atoms with Crippen molar-refractivity contribution in [3.8, 4) is 0 Å². The number of nitrogens with one attached hydrogen (secondary N) is 1. The zero-order valence-electron chi connectivity index (χ0n) is 12.1. The Morgan fingerprint density at radius 1 is 1.35 bits per heavy atom. The molecule has 20 heavy (non-hydrogen) atoms. The molecule has 1 aliphatic carbocycles. The van der Waals surface area contributed by atoms with Crippen molar-refractivity contribution in [3.63, 3.8) is 0 Å². The smallest absolute Gasteiger partial charge is 0.226 e. The van der Waals surface area contributed by atoms with Crippen LogP contribution in [0.2, 0.25) is 0 Å². The van der Waals surface area contributed by atoms with E-state index in [1.165, 1.54) is 19.3 Å². The molecule has 0 aromatic heterocycles. The number of anilines is 2. The van der Waals surface area contributed by atoms with Gasteiger partial charge >= 0.3 is 0 Å². The van der Waals surface area contributed by atoms with Gasteiger partial charge in [-0.15, -0.1) is 0 Å².